The smallest absolute Gasteiger partial charge is 0.311 e. The summed E-state index contributed by atoms with van der Waals surface area (Å²) in [6.07, 6.45) is 4.75. The quantitative estimate of drug-likeness (QED) is 0.378. The largest absolute Gasteiger partial charge is 0.464 e. The van der Waals surface area contributed by atoms with Gasteiger partial charge in [0, 0.05) is 6.54 Å². The van der Waals surface area contributed by atoms with Gasteiger partial charge in [0.1, 0.15) is 6.61 Å². The van der Waals surface area contributed by atoms with E-state index in [0.29, 0.717) is 6.61 Å². The zero-order valence-electron chi connectivity index (χ0n) is 14.8. The van der Waals surface area contributed by atoms with E-state index in [1.54, 1.807) is 0 Å². The second-order valence-corrected chi connectivity index (χ2v) is 7.66. The van der Waals surface area contributed by atoms with Gasteiger partial charge in [-0.2, -0.15) is 0 Å². The second kappa shape index (κ2) is 10.0. The molecule has 1 aliphatic rings. The summed E-state index contributed by atoms with van der Waals surface area (Å²) in [5.74, 6) is -0.0561. The van der Waals surface area contributed by atoms with E-state index in [9.17, 15) is 4.79 Å². The van der Waals surface area contributed by atoms with Crippen LogP contribution in [0, 0.1) is 10.8 Å². The van der Waals surface area contributed by atoms with Gasteiger partial charge in [0.2, 0.25) is 0 Å². The number of piperidine rings is 1. The Bertz CT molecular complexity index is 292. The lowest BCUT2D eigenvalue weighted by Crippen LogP contribution is -2.36. The highest BCUT2D eigenvalue weighted by atomic mass is 127. The van der Waals surface area contributed by atoms with Crippen LogP contribution in [0.2, 0.25) is 0 Å². The number of nitrogens with zero attached hydrogens (tertiary/aromatic N) is 1. The Morgan fingerprint density at radius 1 is 1.05 bits per heavy atom. The summed E-state index contributed by atoms with van der Waals surface area (Å²) >= 11 is 2.15. The van der Waals surface area contributed by atoms with Crippen molar-refractivity contribution in [3.8, 4) is 0 Å². The number of likely N-dealkylation sites (tertiary alicyclic amines) is 1. The molecule has 126 valence electrons. The van der Waals surface area contributed by atoms with E-state index in [1.807, 2.05) is 18.8 Å². The maximum absolute atomic E-state index is 12.1. The van der Waals surface area contributed by atoms with E-state index in [0.717, 1.165) is 26.1 Å². The molecule has 0 aliphatic carbocycles. The SMILES string of the molecule is CC(C)(C)CC(C)(C)C(=O)OCCN1CCCCC1.CI. The number of esters is 1. The zero-order valence-corrected chi connectivity index (χ0v) is 17.0. The lowest BCUT2D eigenvalue weighted by Gasteiger charge is -2.31. The minimum atomic E-state index is -0.389. The Morgan fingerprint density at radius 3 is 2.05 bits per heavy atom. The maximum atomic E-state index is 12.1. The Labute approximate surface area is 145 Å². The predicted molar refractivity (Wildman–Crippen MR) is 99.0 cm³/mol. The van der Waals surface area contributed by atoms with Crippen molar-refractivity contribution >= 4 is 28.6 Å². The summed E-state index contributed by atoms with van der Waals surface area (Å²) in [4.78, 5) is 16.5. The average Bonchev–Trinajstić information content (AvgIpc) is 2.39. The molecule has 1 aliphatic heterocycles. The van der Waals surface area contributed by atoms with Crippen molar-refractivity contribution < 1.29 is 9.53 Å². The van der Waals surface area contributed by atoms with Gasteiger partial charge in [0.05, 0.1) is 5.41 Å². The number of hydrogen-bond donors (Lipinski definition) is 0. The number of carbonyl (C=O) groups excluding carboxylic acids is 1. The maximum Gasteiger partial charge on any atom is 0.311 e. The molecule has 3 nitrogen and oxygen atoms in total. The number of rotatable bonds is 5. The van der Waals surface area contributed by atoms with Gasteiger partial charge in [-0.15, -0.1) is 0 Å². The summed E-state index contributed by atoms with van der Waals surface area (Å²) in [7, 11) is 0. The lowest BCUT2D eigenvalue weighted by molar-refractivity contribution is -0.156. The fourth-order valence-corrected chi connectivity index (χ4v) is 3.04. The Kier molecular flexibility index (Phi) is 10.1. The molecule has 0 saturated carbocycles. The molecule has 4 heteroatoms. The van der Waals surface area contributed by atoms with E-state index < -0.39 is 0 Å². The molecule has 21 heavy (non-hydrogen) atoms. The van der Waals surface area contributed by atoms with E-state index >= 15 is 0 Å². The van der Waals surface area contributed by atoms with Gasteiger partial charge in [-0.05, 0) is 56.5 Å². The minimum Gasteiger partial charge on any atom is -0.464 e. The van der Waals surface area contributed by atoms with Crippen LogP contribution in [0.1, 0.15) is 60.3 Å². The summed E-state index contributed by atoms with van der Waals surface area (Å²) in [5.41, 5.74) is -0.241. The lowest BCUT2D eigenvalue weighted by atomic mass is 9.76. The van der Waals surface area contributed by atoms with Gasteiger partial charge in [-0.1, -0.05) is 49.8 Å². The van der Waals surface area contributed by atoms with Crippen LogP contribution < -0.4 is 0 Å². The second-order valence-electron chi connectivity index (χ2n) is 7.66. The molecule has 1 heterocycles. The number of halogens is 1. The van der Waals surface area contributed by atoms with Crippen LogP contribution in [-0.2, 0) is 9.53 Å². The molecular formula is C17H34INO2. The molecule has 0 aromatic heterocycles. The molecule has 0 amide bonds. The van der Waals surface area contributed by atoms with Gasteiger partial charge < -0.3 is 4.74 Å². The van der Waals surface area contributed by atoms with Crippen molar-refractivity contribution in [2.45, 2.75) is 60.3 Å². The van der Waals surface area contributed by atoms with Crippen molar-refractivity contribution in [1.82, 2.24) is 4.90 Å². The first-order valence-corrected chi connectivity index (χ1v) is 10.1. The van der Waals surface area contributed by atoms with Gasteiger partial charge in [0.25, 0.3) is 0 Å². The third kappa shape index (κ3) is 9.72. The monoisotopic (exact) mass is 411 g/mol. The highest BCUT2D eigenvalue weighted by Crippen LogP contribution is 2.34. The van der Waals surface area contributed by atoms with Gasteiger partial charge >= 0.3 is 5.97 Å². The van der Waals surface area contributed by atoms with Crippen molar-refractivity contribution in [3.05, 3.63) is 0 Å². The number of carbonyl (C=O) groups is 1. The van der Waals surface area contributed by atoms with Crippen LogP contribution >= 0.6 is 22.6 Å². The summed E-state index contributed by atoms with van der Waals surface area (Å²) in [5, 5.41) is 0. The Balaban J connectivity index is 0.00000191. The molecule has 1 rings (SSSR count). The van der Waals surface area contributed by atoms with E-state index in [2.05, 4.69) is 48.3 Å². The van der Waals surface area contributed by atoms with Crippen molar-refractivity contribution in [3.63, 3.8) is 0 Å². The van der Waals surface area contributed by atoms with Gasteiger partial charge in [-0.3, -0.25) is 9.69 Å². The molecule has 0 N–H and O–H groups in total. The topological polar surface area (TPSA) is 29.5 Å². The van der Waals surface area contributed by atoms with E-state index in [4.69, 9.17) is 4.74 Å². The molecule has 0 aromatic carbocycles. The van der Waals surface area contributed by atoms with Crippen LogP contribution in [0.15, 0.2) is 0 Å². The van der Waals surface area contributed by atoms with Crippen LogP contribution in [0.5, 0.6) is 0 Å². The van der Waals surface area contributed by atoms with Crippen molar-refractivity contribution in [2.24, 2.45) is 10.8 Å². The molecular weight excluding hydrogens is 377 g/mol. The van der Waals surface area contributed by atoms with Crippen LogP contribution in [0.4, 0.5) is 0 Å². The summed E-state index contributed by atoms with van der Waals surface area (Å²) in [6, 6.07) is 0. The fourth-order valence-electron chi connectivity index (χ4n) is 3.04. The highest BCUT2D eigenvalue weighted by Gasteiger charge is 2.33. The van der Waals surface area contributed by atoms with Gasteiger partial charge in [0.15, 0.2) is 0 Å². The Hall–Kier alpha value is 0.160. The molecule has 0 aromatic rings. The highest BCUT2D eigenvalue weighted by molar-refractivity contribution is 14.1. The van der Waals surface area contributed by atoms with Crippen molar-refractivity contribution in [2.75, 3.05) is 31.2 Å². The Morgan fingerprint density at radius 2 is 1.57 bits per heavy atom. The standard InChI is InChI=1S/C16H31NO2.CH3I/c1-15(2,3)13-16(4,5)14(18)19-12-11-17-9-7-6-8-10-17;1-2/h6-13H2,1-5H3;1H3. The minimum absolute atomic E-state index is 0.0561. The van der Waals surface area contributed by atoms with Gasteiger partial charge in [-0.25, -0.2) is 0 Å². The molecule has 0 unspecified atom stereocenters. The third-order valence-corrected chi connectivity index (χ3v) is 3.61. The van der Waals surface area contributed by atoms with E-state index in [1.165, 1.54) is 19.3 Å². The first-order chi connectivity index (χ1) is 9.71. The molecule has 0 spiro atoms. The normalized spacial score (nSPS) is 16.9. The summed E-state index contributed by atoms with van der Waals surface area (Å²) < 4.78 is 5.47. The number of alkyl halides is 1. The average molecular weight is 411 g/mol. The fraction of sp³-hybridized carbons (Fsp3) is 0.941. The number of ether oxygens (including phenoxy) is 1. The number of hydrogen-bond acceptors (Lipinski definition) is 3. The molecule has 0 atom stereocenters. The molecule has 0 bridgehead atoms. The molecule has 1 saturated heterocycles. The van der Waals surface area contributed by atoms with Crippen LogP contribution in [-0.4, -0.2) is 42.0 Å². The third-order valence-electron chi connectivity index (χ3n) is 3.61. The first-order valence-electron chi connectivity index (χ1n) is 7.98. The zero-order chi connectivity index (χ0) is 16.5. The molecule has 0 radical (unpaired) electrons. The van der Waals surface area contributed by atoms with Crippen molar-refractivity contribution in [1.29, 1.82) is 0 Å². The predicted octanol–water partition coefficient (Wildman–Crippen LogP) is 4.53. The summed E-state index contributed by atoms with van der Waals surface area (Å²) in [6.45, 7) is 14.2. The van der Waals surface area contributed by atoms with Crippen LogP contribution in [0.3, 0.4) is 0 Å². The molecule has 1 fully saturated rings. The van der Waals surface area contributed by atoms with Crippen LogP contribution in [0.25, 0.3) is 0 Å². The first kappa shape index (κ1) is 21.2. The van der Waals surface area contributed by atoms with E-state index in [-0.39, 0.29) is 16.8 Å².